The van der Waals surface area contributed by atoms with Crippen LogP contribution in [-0.4, -0.2) is 53.0 Å². The molecule has 0 aliphatic carbocycles. The molecule has 10 heteroatoms. The van der Waals surface area contributed by atoms with Crippen LogP contribution in [0.15, 0.2) is 158 Å². The van der Waals surface area contributed by atoms with Crippen molar-refractivity contribution in [1.29, 1.82) is 0 Å². The van der Waals surface area contributed by atoms with Gasteiger partial charge in [0.2, 0.25) is 0 Å². The minimum atomic E-state index is -3.23. The van der Waals surface area contributed by atoms with Crippen molar-refractivity contribution in [1.82, 2.24) is 9.13 Å². The third-order valence-electron chi connectivity index (χ3n) is 14.0. The van der Waals surface area contributed by atoms with Crippen LogP contribution in [-0.2, 0) is 25.8 Å². The van der Waals surface area contributed by atoms with E-state index in [4.69, 9.17) is 9.47 Å². The van der Waals surface area contributed by atoms with Crippen molar-refractivity contribution in [3.05, 3.63) is 195 Å². The van der Waals surface area contributed by atoms with Crippen LogP contribution < -0.4 is 0 Å². The molecule has 8 aromatic carbocycles. The number of phenols is 2. The molecule has 10 aromatic rings. The van der Waals surface area contributed by atoms with Crippen LogP contribution in [0.2, 0.25) is 9.50 Å². The van der Waals surface area contributed by atoms with Crippen molar-refractivity contribution in [3.63, 3.8) is 0 Å². The molecule has 10 rings (SSSR count). The summed E-state index contributed by atoms with van der Waals surface area (Å²) in [5.74, 6) is 0.424. The monoisotopic (exact) mass is 1160 g/mol. The Morgan fingerprint density at radius 3 is 1.09 bits per heavy atom. The first kappa shape index (κ1) is 51.7. The predicted octanol–water partition coefficient (Wildman–Crippen LogP) is 15.9. The summed E-state index contributed by atoms with van der Waals surface area (Å²) in [5, 5.41) is 28.9. The van der Waals surface area contributed by atoms with Crippen molar-refractivity contribution in [2.75, 3.05) is 10.9 Å². The number of para-hydroxylation sites is 4. The molecule has 0 aliphatic heterocycles. The molecule has 0 fully saturated rings. The van der Waals surface area contributed by atoms with E-state index in [0.717, 1.165) is 54.7 Å². The van der Waals surface area contributed by atoms with Gasteiger partial charge in [-0.25, -0.2) is 0 Å². The molecule has 0 unspecified atom stereocenters. The number of aryl methyl sites for hydroxylation is 2. The first-order valence-electron chi connectivity index (χ1n) is 22.9. The van der Waals surface area contributed by atoms with Crippen molar-refractivity contribution in [2.45, 2.75) is 51.0 Å². The van der Waals surface area contributed by atoms with Crippen molar-refractivity contribution >= 4 is 56.9 Å². The Morgan fingerprint density at radius 2 is 0.771 bits per heavy atom. The molecule has 6 nitrogen and oxygen atoms in total. The minimum Gasteiger partial charge on any atom is -0.358 e. The number of aliphatic hydroxyl groups is 2. The van der Waals surface area contributed by atoms with Gasteiger partial charge in [0.1, 0.15) is 0 Å². The number of hydrogen-bond donors (Lipinski definition) is 2. The second kappa shape index (κ2) is 20.7. The van der Waals surface area contributed by atoms with E-state index < -0.39 is 24.9 Å². The van der Waals surface area contributed by atoms with Crippen LogP contribution >= 0.6 is 0 Å². The van der Waals surface area contributed by atoms with Gasteiger partial charge in [-0.05, 0) is 0 Å². The molecule has 0 radical (unpaired) electrons. The first-order valence-corrected chi connectivity index (χ1v) is 28.3. The van der Waals surface area contributed by atoms with Gasteiger partial charge in [-0.15, -0.1) is 0 Å². The summed E-state index contributed by atoms with van der Waals surface area (Å²) in [6.45, 7) is 13.0. The fraction of sp³-hybridized carbons (Fsp3) is 0.167. The van der Waals surface area contributed by atoms with Crippen LogP contribution in [0.5, 0.6) is 23.0 Å². The number of aromatic nitrogens is 2. The molecule has 0 spiro atoms. The molecule has 0 saturated carbocycles. The second-order valence-electron chi connectivity index (χ2n) is 18.6. The molecule has 0 amide bonds. The summed E-state index contributed by atoms with van der Waals surface area (Å²) >= 11 is -3.23. The average Bonchev–Trinajstić information content (AvgIpc) is 3.84. The van der Waals surface area contributed by atoms with Crippen LogP contribution in [0.25, 0.3) is 77.2 Å². The fourth-order valence-electron chi connectivity index (χ4n) is 10.3. The Hall–Kier alpha value is -6.17. The van der Waals surface area contributed by atoms with Crippen LogP contribution in [0.3, 0.4) is 0 Å². The van der Waals surface area contributed by atoms with E-state index in [2.05, 4.69) is 85.4 Å². The molecule has 0 atom stereocenters. The number of phenolic OH excluding ortho intramolecular Hbond substituents is 2. The van der Waals surface area contributed by atoms with Gasteiger partial charge in [0.15, 0.2) is 0 Å². The summed E-state index contributed by atoms with van der Waals surface area (Å²) in [6.07, 6.45) is 0. The fourth-order valence-corrected chi connectivity index (χ4v) is 18.3. The van der Waals surface area contributed by atoms with Gasteiger partial charge < -0.3 is 14.9 Å². The average molecular weight is 1160 g/mol. The number of ether oxygens (including phenoxy) is 2. The van der Waals surface area contributed by atoms with E-state index in [-0.39, 0.29) is 61.7 Å². The predicted molar refractivity (Wildman–Crippen MR) is 287 cm³/mol. The largest absolute Gasteiger partial charge is 0.358 e. The van der Waals surface area contributed by atoms with Gasteiger partial charge in [0.05, 0.1) is 0 Å². The quantitative estimate of drug-likeness (QED) is 0.0726. The van der Waals surface area contributed by atoms with Crippen molar-refractivity contribution in [2.24, 2.45) is 0 Å². The van der Waals surface area contributed by atoms with Gasteiger partial charge in [-0.2, -0.15) is 0 Å². The summed E-state index contributed by atoms with van der Waals surface area (Å²) in [6, 6.07) is 49.6. The summed E-state index contributed by atoms with van der Waals surface area (Å²) < 4.78 is 46.3. The maximum atomic E-state index is 15.4. The van der Waals surface area contributed by atoms with Crippen molar-refractivity contribution in [3.8, 4) is 56.6 Å². The van der Waals surface area contributed by atoms with E-state index >= 15 is 8.78 Å². The molecule has 2 aromatic heterocycles. The molecule has 0 aliphatic rings. The van der Waals surface area contributed by atoms with Crippen LogP contribution in [0.1, 0.15) is 38.8 Å². The maximum absolute atomic E-state index is 15.4. The third kappa shape index (κ3) is 8.96. The summed E-state index contributed by atoms with van der Waals surface area (Å²) in [4.78, 5) is 0. The Kier molecular flexibility index (Phi) is 15.3. The topological polar surface area (TPSA) is 75.9 Å². The SMILES string of the molecule is Cc1cc(-c2cc(F)ccc2[OH+][CH2][Ge]([CH2][OH+]c2ccc(F)cc2-c2cc(C)cc(-n3c4ccccc4c4ccccc43)c2O)([CH](C)C)[CH](C)C)c(O)c(-n2c3ccccc3c3ccccc32)c1.[CH3-].[CH3-].[Hf]. The first-order chi connectivity index (χ1) is 32.3. The van der Waals surface area contributed by atoms with E-state index in [1.807, 2.05) is 86.6 Å². The van der Waals surface area contributed by atoms with Crippen LogP contribution in [0, 0.1) is 40.3 Å². The number of aromatic hydroxyl groups is 4. The van der Waals surface area contributed by atoms with E-state index in [0.29, 0.717) is 56.0 Å². The molecule has 2 heterocycles. The van der Waals surface area contributed by atoms with E-state index in [9.17, 15) is 10.2 Å². The number of fused-ring (bicyclic) bond motifs is 6. The van der Waals surface area contributed by atoms with Crippen molar-refractivity contribution < 1.29 is 54.3 Å². The number of nitrogens with zero attached hydrogens (tertiary/aromatic N) is 2. The number of benzene rings is 8. The van der Waals surface area contributed by atoms with E-state index in [1.54, 1.807) is 12.1 Å². The standard InChI is InChI=1S/C58H52F2GeN2O4.2CH3.Hf/c1-35(2)61(36(3)4,33-66-55-25-23-39(59)31-45(55)47-27-37(5)29-53(57(47)64)62-49-19-11-7-15-41(49)42-16-8-12-20-50(42)62)34-67-56-26-24-40(60)32-46(56)48-28-38(6)30-54(58(48)65)63-51-21-13-9-17-43(51)44-18-10-14-22-52(44)63;;;/h7-32,35-36,64-65H,33-34H2,1-6H3;2*1H3;/q;2*-1;/p+2. The Bertz CT molecular complexity index is 3200. The smallest absolute Gasteiger partial charge is 0 e. The van der Waals surface area contributed by atoms with Gasteiger partial charge >= 0.3 is 394 Å². The number of hydrogen-bond acceptors (Lipinski definition) is 2. The van der Waals surface area contributed by atoms with E-state index in [1.165, 1.54) is 24.3 Å². The molecule has 4 N–H and O–H groups in total. The zero-order chi connectivity index (χ0) is 46.7. The minimum absolute atomic E-state index is 0. The number of rotatable bonds is 12. The maximum Gasteiger partial charge on any atom is 0 e. The summed E-state index contributed by atoms with van der Waals surface area (Å²) in [7, 11) is 0. The Balaban J connectivity index is 0.00000241. The zero-order valence-electron chi connectivity index (χ0n) is 41.0. The number of halogens is 2. The van der Waals surface area contributed by atoms with Gasteiger partial charge in [0.25, 0.3) is 0 Å². The zero-order valence-corrected chi connectivity index (χ0v) is 46.7. The molecular formula is C60H60F2GeHfN2O4. The molecule has 0 bridgehead atoms. The second-order valence-corrected chi connectivity index (χ2v) is 29.9. The molecule has 356 valence electrons. The third-order valence-corrected chi connectivity index (χ3v) is 26.8. The Labute approximate surface area is 431 Å². The summed E-state index contributed by atoms with van der Waals surface area (Å²) in [5.41, 5.74) is 9.94. The van der Waals surface area contributed by atoms with Gasteiger partial charge in [-0.1, -0.05) is 0 Å². The normalized spacial score (nSPS) is 11.6. The van der Waals surface area contributed by atoms with Gasteiger partial charge in [0, 0.05) is 25.8 Å². The van der Waals surface area contributed by atoms with Crippen LogP contribution in [0.4, 0.5) is 8.78 Å². The molecular weight excluding hydrogens is 1100 g/mol. The molecule has 0 saturated heterocycles. The Morgan fingerprint density at radius 1 is 0.457 bits per heavy atom. The molecule has 70 heavy (non-hydrogen) atoms. The van der Waals surface area contributed by atoms with Gasteiger partial charge in [-0.3, -0.25) is 0 Å².